The van der Waals surface area contributed by atoms with Crippen LogP contribution in [0.3, 0.4) is 0 Å². The molecule has 256 valence electrons. The predicted octanol–water partition coefficient (Wildman–Crippen LogP) is 6.33. The van der Waals surface area contributed by atoms with E-state index in [1.54, 1.807) is 41.3 Å². The number of ether oxygens (including phenoxy) is 3. The minimum absolute atomic E-state index is 0.00406. The van der Waals surface area contributed by atoms with Crippen LogP contribution in [-0.4, -0.2) is 71.8 Å². The molecule has 1 heterocycles. The molecule has 0 aromatic heterocycles. The average Bonchev–Trinajstić information content (AvgIpc) is 3.04. The third-order valence-corrected chi connectivity index (χ3v) is 7.79. The number of likely N-dealkylation sites (tertiary alicyclic amines) is 1. The predicted molar refractivity (Wildman–Crippen MR) is 182 cm³/mol. The van der Waals surface area contributed by atoms with Crippen molar-refractivity contribution in [2.24, 2.45) is 0 Å². The van der Waals surface area contributed by atoms with E-state index in [1.807, 2.05) is 45.0 Å². The molecule has 4 rings (SSSR count). The monoisotopic (exact) mass is 679 g/mol. The van der Waals surface area contributed by atoms with Crippen LogP contribution < -0.4 is 15.4 Å². The summed E-state index contributed by atoms with van der Waals surface area (Å²) in [5.74, 6) is -1.08. The molecule has 48 heavy (non-hydrogen) atoms. The van der Waals surface area contributed by atoms with Crippen LogP contribution in [0.25, 0.3) is 0 Å². The number of hydrogen-bond acceptors (Lipinski definition) is 9. The third kappa shape index (κ3) is 11.3. The number of halogens is 1. The standard InChI is InChI=1S/C36H42ClN3O8/c1-36(2,3)48-35(45)40-18-15-28(16-19-40)47-27-13-7-24(8-14-27)21-39-31-6-4-5-29(34(43)44)30(31)22-38-23-33(42)46-20-17-32(41)25-9-11-26(37)12-10-25/h4-14,28,38-39H,15-23H2,1-3H3,(H,43,44). The fraction of sp³-hybridized carbons (Fsp3) is 0.389. The quantitative estimate of drug-likeness (QED) is 0.131. The van der Waals surface area contributed by atoms with Crippen LogP contribution in [0.5, 0.6) is 5.75 Å². The lowest BCUT2D eigenvalue weighted by Crippen LogP contribution is -2.44. The van der Waals surface area contributed by atoms with Crippen LogP contribution in [0, 0.1) is 0 Å². The molecule has 1 saturated heterocycles. The number of aromatic carboxylic acids is 1. The summed E-state index contributed by atoms with van der Waals surface area (Å²) in [6.45, 7) is 6.99. The molecule has 0 atom stereocenters. The molecule has 3 aromatic rings. The number of piperidine rings is 1. The summed E-state index contributed by atoms with van der Waals surface area (Å²) in [7, 11) is 0. The van der Waals surface area contributed by atoms with Crippen LogP contribution in [0.4, 0.5) is 10.5 Å². The lowest BCUT2D eigenvalue weighted by Gasteiger charge is -2.33. The summed E-state index contributed by atoms with van der Waals surface area (Å²) in [6, 6.07) is 19.1. The van der Waals surface area contributed by atoms with Gasteiger partial charge in [0.05, 0.1) is 18.7 Å². The van der Waals surface area contributed by atoms with Crippen molar-refractivity contribution >= 4 is 41.1 Å². The summed E-state index contributed by atoms with van der Waals surface area (Å²) in [6.07, 6.45) is 1.15. The molecule has 12 heteroatoms. The molecule has 3 aromatic carbocycles. The minimum Gasteiger partial charge on any atom is -0.490 e. The van der Waals surface area contributed by atoms with Crippen molar-refractivity contribution in [2.45, 2.75) is 64.8 Å². The number of hydrogen-bond donors (Lipinski definition) is 3. The first-order valence-corrected chi connectivity index (χ1v) is 16.2. The molecule has 0 saturated carbocycles. The number of anilines is 1. The van der Waals surface area contributed by atoms with Gasteiger partial charge in [-0.2, -0.15) is 0 Å². The Morgan fingerprint density at radius 3 is 2.27 bits per heavy atom. The van der Waals surface area contributed by atoms with E-state index in [0.717, 1.165) is 11.3 Å². The van der Waals surface area contributed by atoms with Gasteiger partial charge in [0.15, 0.2) is 5.78 Å². The van der Waals surface area contributed by atoms with Gasteiger partial charge in [-0.05, 0) is 74.9 Å². The zero-order valence-corrected chi connectivity index (χ0v) is 28.2. The van der Waals surface area contributed by atoms with E-state index in [-0.39, 0.29) is 49.7 Å². The molecule has 0 unspecified atom stereocenters. The highest BCUT2D eigenvalue weighted by Crippen LogP contribution is 2.24. The zero-order valence-electron chi connectivity index (χ0n) is 27.4. The molecule has 1 fully saturated rings. The molecule has 0 radical (unpaired) electrons. The van der Waals surface area contributed by atoms with E-state index in [4.69, 9.17) is 25.8 Å². The van der Waals surface area contributed by atoms with Gasteiger partial charge in [-0.3, -0.25) is 9.59 Å². The van der Waals surface area contributed by atoms with Gasteiger partial charge >= 0.3 is 18.0 Å². The third-order valence-electron chi connectivity index (χ3n) is 7.54. The Morgan fingerprint density at radius 1 is 0.938 bits per heavy atom. The number of amides is 1. The number of ketones is 1. The number of nitrogens with zero attached hydrogens (tertiary/aromatic N) is 1. The number of carbonyl (C=O) groups excluding carboxylic acids is 3. The Kier molecular flexibility index (Phi) is 12.8. The first-order valence-electron chi connectivity index (χ1n) is 15.9. The molecule has 1 aliphatic heterocycles. The maximum atomic E-state index is 12.3. The second-order valence-corrected chi connectivity index (χ2v) is 12.9. The Balaban J connectivity index is 1.23. The van der Waals surface area contributed by atoms with Gasteiger partial charge in [0.1, 0.15) is 17.5 Å². The summed E-state index contributed by atoms with van der Waals surface area (Å²) in [5, 5.41) is 16.6. The number of esters is 1. The average molecular weight is 680 g/mol. The van der Waals surface area contributed by atoms with E-state index >= 15 is 0 Å². The lowest BCUT2D eigenvalue weighted by atomic mass is 10.0. The summed E-state index contributed by atoms with van der Waals surface area (Å²) < 4.78 is 16.8. The Labute approximate surface area is 285 Å². The first-order chi connectivity index (χ1) is 22.9. The van der Waals surface area contributed by atoms with E-state index in [9.17, 15) is 24.3 Å². The van der Waals surface area contributed by atoms with Crippen LogP contribution in [0.15, 0.2) is 66.7 Å². The molecular formula is C36H42ClN3O8. The SMILES string of the molecule is CC(C)(C)OC(=O)N1CCC(Oc2ccc(CNc3cccc(C(=O)O)c3CNCC(=O)OCCC(=O)c3ccc(Cl)cc3)cc2)CC1. The van der Waals surface area contributed by atoms with Gasteiger partial charge in [-0.25, -0.2) is 9.59 Å². The number of Topliss-reactive ketones (excluding diaryl/α,β-unsaturated/α-hetero) is 1. The molecule has 0 aliphatic carbocycles. The molecule has 3 N–H and O–H groups in total. The number of carboxylic acid groups (broad SMARTS) is 1. The van der Waals surface area contributed by atoms with Crippen molar-refractivity contribution < 1.29 is 38.5 Å². The van der Waals surface area contributed by atoms with Gasteiger partial charge < -0.3 is 34.9 Å². The van der Waals surface area contributed by atoms with E-state index < -0.39 is 17.5 Å². The van der Waals surface area contributed by atoms with Crippen molar-refractivity contribution in [3.8, 4) is 5.75 Å². The van der Waals surface area contributed by atoms with Crippen LogP contribution >= 0.6 is 11.6 Å². The molecular weight excluding hydrogens is 638 g/mol. The second kappa shape index (κ2) is 17.0. The highest BCUT2D eigenvalue weighted by molar-refractivity contribution is 6.30. The van der Waals surface area contributed by atoms with Crippen molar-refractivity contribution in [2.75, 3.05) is 31.6 Å². The van der Waals surface area contributed by atoms with Crippen LogP contribution in [0.1, 0.15) is 71.9 Å². The van der Waals surface area contributed by atoms with Crippen LogP contribution in [0.2, 0.25) is 5.02 Å². The number of nitrogens with one attached hydrogen (secondary N) is 2. The van der Waals surface area contributed by atoms with Gasteiger partial charge in [-0.1, -0.05) is 29.8 Å². The Morgan fingerprint density at radius 2 is 1.62 bits per heavy atom. The van der Waals surface area contributed by atoms with Crippen molar-refractivity contribution in [1.29, 1.82) is 0 Å². The zero-order chi connectivity index (χ0) is 34.7. The molecule has 11 nitrogen and oxygen atoms in total. The van der Waals surface area contributed by atoms with Gasteiger partial charge in [-0.15, -0.1) is 0 Å². The van der Waals surface area contributed by atoms with Gasteiger partial charge in [0.2, 0.25) is 0 Å². The molecule has 1 aliphatic rings. The first kappa shape index (κ1) is 36.2. The van der Waals surface area contributed by atoms with E-state index in [1.165, 1.54) is 6.07 Å². The molecule has 0 bridgehead atoms. The van der Waals surface area contributed by atoms with Crippen molar-refractivity contribution in [3.63, 3.8) is 0 Å². The number of rotatable bonds is 14. The van der Waals surface area contributed by atoms with E-state index in [2.05, 4.69) is 10.6 Å². The highest BCUT2D eigenvalue weighted by atomic mass is 35.5. The number of carboxylic acids is 1. The fourth-order valence-corrected chi connectivity index (χ4v) is 5.21. The van der Waals surface area contributed by atoms with Gasteiger partial charge in [0.25, 0.3) is 0 Å². The summed E-state index contributed by atoms with van der Waals surface area (Å²) in [5.41, 5.74) is 2.12. The van der Waals surface area contributed by atoms with Crippen LogP contribution in [-0.2, 0) is 27.4 Å². The maximum absolute atomic E-state index is 12.3. The fourth-order valence-electron chi connectivity index (χ4n) is 5.08. The smallest absolute Gasteiger partial charge is 0.410 e. The van der Waals surface area contributed by atoms with Gasteiger partial charge in [0, 0.05) is 67.3 Å². The number of carbonyl (C=O) groups is 4. The second-order valence-electron chi connectivity index (χ2n) is 12.4. The summed E-state index contributed by atoms with van der Waals surface area (Å²) in [4.78, 5) is 50.5. The summed E-state index contributed by atoms with van der Waals surface area (Å²) >= 11 is 5.85. The largest absolute Gasteiger partial charge is 0.490 e. The molecule has 0 spiro atoms. The highest BCUT2D eigenvalue weighted by Gasteiger charge is 2.27. The Hall–Kier alpha value is -4.61. The lowest BCUT2D eigenvalue weighted by molar-refractivity contribution is -0.142. The van der Waals surface area contributed by atoms with E-state index in [0.29, 0.717) is 54.3 Å². The number of benzene rings is 3. The molecule has 1 amide bonds. The normalized spacial score (nSPS) is 13.5. The topological polar surface area (TPSA) is 144 Å². The Bertz CT molecular complexity index is 1560. The minimum atomic E-state index is -1.09. The maximum Gasteiger partial charge on any atom is 0.410 e. The van der Waals surface area contributed by atoms with Crippen molar-refractivity contribution in [3.05, 3.63) is 94.0 Å². The van der Waals surface area contributed by atoms with Crippen molar-refractivity contribution in [1.82, 2.24) is 10.2 Å².